The van der Waals surface area contributed by atoms with Gasteiger partial charge in [-0.2, -0.15) is 0 Å². The number of carbonyl (C=O) groups is 12. The zero-order valence-corrected chi connectivity index (χ0v) is 82.0. The zero-order valence-electron chi connectivity index (χ0n) is 79.2. The largest absolute Gasteiger partial charge is 0.469 e. The van der Waals surface area contributed by atoms with Crippen molar-refractivity contribution < 1.29 is 149 Å². The van der Waals surface area contributed by atoms with Gasteiger partial charge in [0.05, 0.1) is 55.8 Å². The number of allylic oxidation sites excluding steroid dienone is 5. The van der Waals surface area contributed by atoms with Crippen LogP contribution in [0.2, 0.25) is 0 Å². The van der Waals surface area contributed by atoms with Gasteiger partial charge in [0.2, 0.25) is 0 Å². The number of aliphatic hydroxyl groups excluding tert-OH is 7. The molecule has 0 aliphatic heterocycles. The minimum atomic E-state index is -0.641. The van der Waals surface area contributed by atoms with Gasteiger partial charge in [-0.05, 0) is 256 Å². The molecule has 14 saturated carbocycles. The van der Waals surface area contributed by atoms with E-state index in [4.69, 9.17) is 18.9 Å². The number of hydrogen-bond acceptors (Lipinski definition) is 23. The van der Waals surface area contributed by atoms with Crippen molar-refractivity contribution in [3.63, 3.8) is 0 Å². The van der Waals surface area contributed by atoms with Gasteiger partial charge in [-0.1, -0.05) is 110 Å². The Balaban J connectivity index is 0.000000147. The molecule has 5 unspecified atom stereocenters. The van der Waals surface area contributed by atoms with Crippen molar-refractivity contribution in [1.29, 1.82) is 0 Å². The predicted molar refractivity (Wildman–Crippen MR) is 473 cm³/mol. The molecule has 7 N–H and O–H groups in total. The summed E-state index contributed by atoms with van der Waals surface area (Å²) in [5.41, 5.74) is 1.76. The molecule has 0 aromatic carbocycles. The van der Waals surface area contributed by atoms with Gasteiger partial charge in [-0.15, -0.1) is 0 Å². The van der Waals surface area contributed by atoms with E-state index in [0.29, 0.717) is 127 Å². The van der Waals surface area contributed by atoms with Crippen LogP contribution in [-0.4, -0.2) is 182 Å². The quantitative estimate of drug-likeness (QED) is 0.0452. The number of Topliss-reactive ketones (excluding diaryl/α,β-unsaturated/α-hetero) is 5. The smallest absolute Gasteiger partial charge is 0.309 e. The first-order valence-electron chi connectivity index (χ1n) is 47.9. The first-order valence-corrected chi connectivity index (χ1v) is 47.9. The van der Waals surface area contributed by atoms with Crippen LogP contribution in [0.3, 0.4) is 0 Å². The first kappa shape index (κ1) is 104. The third kappa shape index (κ3) is 16.7. The molecular formula is C104H143BO23V2-. The van der Waals surface area contributed by atoms with E-state index in [0.717, 1.165) is 98.5 Å². The molecule has 26 heteroatoms. The van der Waals surface area contributed by atoms with E-state index in [1.807, 2.05) is 39.8 Å². The summed E-state index contributed by atoms with van der Waals surface area (Å²) in [5, 5.41) is 75.7. The van der Waals surface area contributed by atoms with Crippen molar-refractivity contribution in [3.05, 3.63) is 77.8 Å². The summed E-state index contributed by atoms with van der Waals surface area (Å²) in [7, 11) is 1.39. The monoisotopic (exact) mass is 1870 g/mol. The molecule has 0 amide bonds. The van der Waals surface area contributed by atoms with Crippen LogP contribution >= 0.6 is 0 Å². The summed E-state index contributed by atoms with van der Waals surface area (Å²) in [6, 6.07) is 0. The summed E-state index contributed by atoms with van der Waals surface area (Å²) in [6.07, 6.45) is 27.3. The molecule has 23 nitrogen and oxygen atoms in total. The summed E-state index contributed by atoms with van der Waals surface area (Å²) in [6.45, 7) is 25.1. The van der Waals surface area contributed by atoms with Crippen LogP contribution in [0, 0.1) is 156 Å². The van der Waals surface area contributed by atoms with E-state index in [1.54, 1.807) is 18.2 Å². The normalized spacial score (nSPS) is 47.7. The van der Waals surface area contributed by atoms with E-state index < -0.39 is 70.5 Å². The zero-order chi connectivity index (χ0) is 91.1. The van der Waals surface area contributed by atoms with Crippen LogP contribution in [0.15, 0.2) is 70.4 Å². The van der Waals surface area contributed by atoms with Crippen molar-refractivity contribution in [3.8, 4) is 0 Å². The molecule has 0 spiro atoms. The van der Waals surface area contributed by atoms with E-state index in [-0.39, 0.29) is 251 Å². The van der Waals surface area contributed by atoms with Crippen LogP contribution in [0.1, 0.15) is 276 Å². The molecule has 0 saturated heterocycles. The van der Waals surface area contributed by atoms with Crippen LogP contribution < -0.4 is 0 Å². The Morgan fingerprint density at radius 2 is 0.762 bits per heavy atom. The molecule has 0 aromatic rings. The molecule has 0 bridgehead atoms. The van der Waals surface area contributed by atoms with Crippen LogP contribution in [0.5, 0.6) is 0 Å². The second-order valence-corrected chi connectivity index (χ2v) is 45.6. The number of hydrogen-bond donors (Lipinski definition) is 7. The van der Waals surface area contributed by atoms with Crippen molar-refractivity contribution in [1.82, 2.24) is 0 Å². The molecule has 20 aliphatic carbocycles. The molecule has 14 fully saturated rings. The Labute approximate surface area is 793 Å². The van der Waals surface area contributed by atoms with Crippen LogP contribution in [0.4, 0.5) is 0 Å². The fraction of sp³-hybridized carbons (Fsp3) is 0.760. The van der Waals surface area contributed by atoms with Gasteiger partial charge < -0.3 is 62.1 Å². The van der Waals surface area contributed by atoms with Crippen molar-refractivity contribution >= 4 is 78.6 Å². The van der Waals surface area contributed by atoms with Gasteiger partial charge in [0.1, 0.15) is 47.2 Å². The van der Waals surface area contributed by atoms with Crippen LogP contribution in [-0.2, 0) is 114 Å². The Morgan fingerprint density at radius 3 is 1.26 bits per heavy atom. The van der Waals surface area contributed by atoms with E-state index in [2.05, 4.69) is 53.7 Å². The molecule has 711 valence electrons. The predicted octanol–water partition coefficient (Wildman–Crippen LogP) is 12.7. The Morgan fingerprint density at radius 1 is 0.369 bits per heavy atom. The summed E-state index contributed by atoms with van der Waals surface area (Å²) < 4.78 is 22.3. The third-order valence-corrected chi connectivity index (χ3v) is 39.4. The SMILES string of the molecule is CC(=O)O[C@H]1CC[C@@]2(C)C(=C[C@H](OC(C)=O)[C@@H]3C2[C@H](OC(C)=O)C[C@]2(C)C(=O)CC[C@@H]32)C1.COC(=O)[C@@H]1CC2=CC(=O)CC[C@]2(C)C2[C@@H]1[C@@H]1CCC(=O)[C@@]1(C)C[C@H]2O.C[C@]12CCC(=O)C=C1C=C[C@@H]1C2[C@H](O)C[C@]2(C)C(=O)CC[C@@H]12.C[C@]12CCC(=O)C=C1C[C@H](O)[C@@H]1C2[C@H](O)C[C@]2(C)C(=O)CC[C@@H]12.C[C@]12CC[C@H](O)CC1=C[C@H](O)[C@@H]1C2[C@H](O)C[C@]2(C)C(=O)CC[C@@H]12.[B].[CH3-].[V].[V]. The number of aliphatic hydroxyl groups is 7. The number of rotatable bonds is 4. The molecule has 20 aliphatic rings. The minimum absolute atomic E-state index is 0. The fourth-order valence-corrected chi connectivity index (χ4v) is 33.1. The Bertz CT molecular complexity index is 4730. The number of fused-ring (bicyclic) bond motifs is 25. The second-order valence-electron chi connectivity index (χ2n) is 45.6. The Kier molecular flexibility index (Phi) is 29.6. The summed E-state index contributed by atoms with van der Waals surface area (Å²) in [4.78, 5) is 147. The van der Waals surface area contributed by atoms with E-state index >= 15 is 0 Å². The molecular weight excluding hydrogens is 1730 g/mol. The molecule has 0 heterocycles. The average Bonchev–Trinajstić information content (AvgIpc) is 1.36. The van der Waals surface area contributed by atoms with Gasteiger partial charge in [0, 0.05) is 169 Å². The van der Waals surface area contributed by atoms with Crippen molar-refractivity contribution in [2.75, 3.05) is 7.11 Å². The molecule has 20 rings (SSSR count). The molecule has 5 radical (unpaired) electrons. The van der Waals surface area contributed by atoms with Gasteiger partial charge >= 0.3 is 23.9 Å². The maximum Gasteiger partial charge on any atom is 0.309 e. The first-order chi connectivity index (χ1) is 59.1. The maximum atomic E-state index is 13.0. The minimum Gasteiger partial charge on any atom is -0.469 e. The van der Waals surface area contributed by atoms with Gasteiger partial charge in [-0.3, -0.25) is 57.5 Å². The van der Waals surface area contributed by atoms with Crippen molar-refractivity contribution in [2.24, 2.45) is 149 Å². The van der Waals surface area contributed by atoms with Crippen molar-refractivity contribution in [2.45, 2.75) is 337 Å². The third-order valence-electron chi connectivity index (χ3n) is 39.4. The van der Waals surface area contributed by atoms with Gasteiger partial charge in [-0.25, -0.2) is 0 Å². The second kappa shape index (κ2) is 37.2. The van der Waals surface area contributed by atoms with E-state index in [1.165, 1.54) is 27.9 Å². The summed E-state index contributed by atoms with van der Waals surface area (Å²) >= 11 is 0. The standard InChI is InChI=1S/C25H34O7.C21H28O5.C19H28O4.C19H26O4.C19H24O3.CH3.B.2V/c1-13(26)30-17-8-9-24(4)16(10-17)11-19(31-14(2)27)22-18-6-7-21(29)25(18,5)12-20(23(22)24)32-15(3)28;1-20-7-6-12(22)8-11(20)9-13(19(25)26-3)17-14-4-5-16(24)21(14,2)10-15(23)18(17)20;2*1-18-6-5-11(20)7-10(18)8-13(21)16-12-3-4-15(23)19(12,2)9-14(22)17(16)18;1-18-8-7-12(20)9-11(18)3-4-13-14-5-6-16(22)19(14,2)10-15(21)17(13)18;;;;/h11,17-20,22-23H,6-10,12H2,1-5H3;8,13-15,17-18,23H,4-7,9-10H2,1-3H3;8,11-14,16-17,20-22H,3-7,9H2,1-2H3;7,12-14,16-17,21-22H,3-6,8-9H2,1-2H3;3-4,9,13-15,17,21H,5-8,10H2,1-2H3;1H3;;;/q;;;;;-1;;;/t17-,18-,19-,20+,22+,23?,24-,25-;13-,14+,15-,17+,18?,20+,21+;11-,12-,13-,14+,16+,17?,18-,19-;12-,13-,14+,16+,17?,18-,19-;13-,14-,15+,17?,18-,19-;;;;/m01000..../s1. The number of ketones is 8. The number of methoxy groups -OCH3 is 1. The van der Waals surface area contributed by atoms with E-state index in [9.17, 15) is 93.3 Å². The fourth-order valence-electron chi connectivity index (χ4n) is 33.1. The average molecular weight is 1870 g/mol. The van der Waals surface area contributed by atoms with Crippen LogP contribution in [0.25, 0.3) is 0 Å². The number of carbonyl (C=O) groups excluding carboxylic acids is 12. The molecule has 36 atom stereocenters. The number of esters is 4. The molecule has 130 heavy (non-hydrogen) atoms. The number of ether oxygens (including phenoxy) is 4. The van der Waals surface area contributed by atoms with Gasteiger partial charge in [0.25, 0.3) is 0 Å². The summed E-state index contributed by atoms with van der Waals surface area (Å²) in [5.74, 6) is 0.733. The van der Waals surface area contributed by atoms with Gasteiger partial charge in [0.15, 0.2) is 17.3 Å². The maximum absolute atomic E-state index is 13.0. The Hall–Kier alpha value is -5.37. The topological polar surface area (TPSA) is 383 Å². The molecule has 0 aromatic heterocycles.